The molecular weight excluding hydrogens is 304 g/mol. The molecule has 0 aromatic heterocycles. The van der Waals surface area contributed by atoms with E-state index in [0.717, 1.165) is 17.9 Å². The smallest absolute Gasteiger partial charge is 0.253 e. The second kappa shape index (κ2) is 8.98. The van der Waals surface area contributed by atoms with Crippen molar-refractivity contribution in [3.8, 4) is 5.75 Å². The van der Waals surface area contributed by atoms with Crippen molar-refractivity contribution in [3.63, 3.8) is 0 Å². The molecule has 1 N–H and O–H groups in total. The van der Waals surface area contributed by atoms with Gasteiger partial charge in [0.15, 0.2) is 0 Å². The summed E-state index contributed by atoms with van der Waals surface area (Å²) in [6.07, 6.45) is -0.383. The van der Waals surface area contributed by atoms with Crippen LogP contribution in [-0.4, -0.2) is 50.3 Å². The lowest BCUT2D eigenvalue weighted by molar-refractivity contribution is -0.147. The normalized spacial score (nSPS) is 19.0. The van der Waals surface area contributed by atoms with Crippen LogP contribution >= 0.6 is 12.4 Å². The first kappa shape index (κ1) is 18.7. The number of ether oxygens (including phenoxy) is 2. The van der Waals surface area contributed by atoms with E-state index in [2.05, 4.69) is 5.32 Å². The van der Waals surface area contributed by atoms with Gasteiger partial charge in [-0.15, -0.1) is 12.4 Å². The largest absolute Gasteiger partial charge is 0.497 e. The first-order chi connectivity index (χ1) is 10.2. The second-order valence-electron chi connectivity index (χ2n) is 5.14. The van der Waals surface area contributed by atoms with E-state index in [1.807, 2.05) is 43.0 Å². The van der Waals surface area contributed by atoms with Crippen LogP contribution in [0.4, 0.5) is 0 Å². The van der Waals surface area contributed by atoms with Crippen LogP contribution in [0.1, 0.15) is 25.5 Å². The topological polar surface area (TPSA) is 50.8 Å². The molecule has 0 radical (unpaired) electrons. The lowest BCUT2D eigenvalue weighted by atomic mass is 10.1. The fourth-order valence-electron chi connectivity index (χ4n) is 2.61. The van der Waals surface area contributed by atoms with Gasteiger partial charge in [-0.25, -0.2) is 0 Å². The quantitative estimate of drug-likeness (QED) is 0.898. The van der Waals surface area contributed by atoms with Crippen molar-refractivity contribution < 1.29 is 14.3 Å². The number of hydrogen-bond acceptors (Lipinski definition) is 4. The van der Waals surface area contributed by atoms with E-state index in [0.29, 0.717) is 19.7 Å². The third kappa shape index (κ3) is 4.35. The Morgan fingerprint density at radius 2 is 2.32 bits per heavy atom. The number of carbonyl (C=O) groups is 1. The maximum atomic E-state index is 12.6. The molecule has 1 aromatic carbocycles. The van der Waals surface area contributed by atoms with E-state index in [-0.39, 0.29) is 30.5 Å². The second-order valence-corrected chi connectivity index (χ2v) is 5.14. The van der Waals surface area contributed by atoms with Crippen molar-refractivity contribution in [1.29, 1.82) is 0 Å². The molecule has 0 saturated carbocycles. The highest BCUT2D eigenvalue weighted by atomic mass is 35.5. The van der Waals surface area contributed by atoms with E-state index in [9.17, 15) is 4.79 Å². The molecule has 5 nitrogen and oxygen atoms in total. The van der Waals surface area contributed by atoms with Crippen molar-refractivity contribution >= 4 is 18.3 Å². The number of morpholine rings is 1. The fourth-order valence-corrected chi connectivity index (χ4v) is 2.61. The minimum Gasteiger partial charge on any atom is -0.497 e. The molecule has 124 valence electrons. The predicted octanol–water partition coefficient (Wildman–Crippen LogP) is 2.01. The first-order valence-electron chi connectivity index (χ1n) is 7.44. The van der Waals surface area contributed by atoms with Crippen molar-refractivity contribution in [2.75, 3.05) is 33.4 Å². The molecule has 2 unspecified atom stereocenters. The molecule has 2 rings (SSSR count). The Labute approximate surface area is 138 Å². The van der Waals surface area contributed by atoms with E-state index in [4.69, 9.17) is 9.47 Å². The molecule has 1 aliphatic rings. The standard InChI is InChI=1S/C16H24N2O3.ClH/c1-4-18(16(19)15-11-17-8-9-21-15)12(2)13-6-5-7-14(10-13)20-3;/h5-7,10,12,15,17H,4,8-9,11H2,1-3H3;1H. The number of rotatable bonds is 5. The van der Waals surface area contributed by atoms with Crippen LogP contribution in [0.15, 0.2) is 24.3 Å². The number of methoxy groups -OCH3 is 1. The molecule has 1 aliphatic heterocycles. The van der Waals surface area contributed by atoms with Crippen molar-refractivity contribution in [1.82, 2.24) is 10.2 Å². The lowest BCUT2D eigenvalue weighted by Gasteiger charge is -2.33. The lowest BCUT2D eigenvalue weighted by Crippen LogP contribution is -2.49. The molecule has 1 amide bonds. The molecule has 0 spiro atoms. The molecule has 22 heavy (non-hydrogen) atoms. The maximum Gasteiger partial charge on any atom is 0.253 e. The molecule has 0 bridgehead atoms. The summed E-state index contributed by atoms with van der Waals surface area (Å²) in [4.78, 5) is 14.5. The highest BCUT2D eigenvalue weighted by Gasteiger charge is 2.29. The predicted molar refractivity (Wildman–Crippen MR) is 88.7 cm³/mol. The zero-order valence-corrected chi connectivity index (χ0v) is 14.2. The summed E-state index contributed by atoms with van der Waals surface area (Å²) in [5, 5.41) is 3.20. The summed E-state index contributed by atoms with van der Waals surface area (Å²) in [5.41, 5.74) is 1.06. The highest BCUT2D eigenvalue weighted by molar-refractivity contribution is 5.85. The van der Waals surface area contributed by atoms with Crippen LogP contribution < -0.4 is 10.1 Å². The van der Waals surface area contributed by atoms with Gasteiger partial charge in [0.25, 0.3) is 5.91 Å². The third-order valence-corrected chi connectivity index (χ3v) is 3.87. The molecule has 1 heterocycles. The van der Waals surface area contributed by atoms with E-state index >= 15 is 0 Å². The monoisotopic (exact) mass is 328 g/mol. The molecular formula is C16H25ClN2O3. The van der Waals surface area contributed by atoms with Gasteiger partial charge in [-0.3, -0.25) is 4.79 Å². The van der Waals surface area contributed by atoms with Gasteiger partial charge in [0, 0.05) is 19.6 Å². The molecule has 0 aliphatic carbocycles. The van der Waals surface area contributed by atoms with Crippen molar-refractivity contribution in [3.05, 3.63) is 29.8 Å². The van der Waals surface area contributed by atoms with Gasteiger partial charge < -0.3 is 19.7 Å². The Hall–Kier alpha value is -1.30. The Kier molecular flexibility index (Phi) is 7.65. The Bertz CT molecular complexity index is 478. The third-order valence-electron chi connectivity index (χ3n) is 3.87. The zero-order valence-electron chi connectivity index (χ0n) is 13.4. The molecule has 1 saturated heterocycles. The average Bonchev–Trinajstić information content (AvgIpc) is 2.56. The van der Waals surface area contributed by atoms with Crippen LogP contribution in [0, 0.1) is 0 Å². The summed E-state index contributed by atoms with van der Waals surface area (Å²) in [6.45, 7) is 6.65. The van der Waals surface area contributed by atoms with Crippen molar-refractivity contribution in [2.24, 2.45) is 0 Å². The Morgan fingerprint density at radius 1 is 1.55 bits per heavy atom. The summed E-state index contributed by atoms with van der Waals surface area (Å²) in [6, 6.07) is 7.83. The number of likely N-dealkylation sites (N-methyl/N-ethyl adjacent to an activating group) is 1. The molecule has 6 heteroatoms. The number of carbonyl (C=O) groups excluding carboxylic acids is 1. The number of benzene rings is 1. The number of halogens is 1. The summed E-state index contributed by atoms with van der Waals surface area (Å²) >= 11 is 0. The van der Waals surface area contributed by atoms with E-state index in [1.54, 1.807) is 7.11 Å². The SMILES string of the molecule is CCN(C(=O)C1CNCCO1)C(C)c1cccc(OC)c1.Cl. The van der Waals surface area contributed by atoms with Crippen molar-refractivity contribution in [2.45, 2.75) is 26.0 Å². The first-order valence-corrected chi connectivity index (χ1v) is 7.44. The van der Waals surface area contributed by atoms with Gasteiger partial charge in [0.1, 0.15) is 11.9 Å². The van der Waals surface area contributed by atoms with Gasteiger partial charge in [0.2, 0.25) is 0 Å². The van der Waals surface area contributed by atoms with Crippen LogP contribution in [0.5, 0.6) is 5.75 Å². The van der Waals surface area contributed by atoms with Gasteiger partial charge in [-0.05, 0) is 31.5 Å². The van der Waals surface area contributed by atoms with Crippen LogP contribution in [0.25, 0.3) is 0 Å². The number of nitrogens with zero attached hydrogens (tertiary/aromatic N) is 1. The molecule has 1 aromatic rings. The van der Waals surface area contributed by atoms with Gasteiger partial charge in [0.05, 0.1) is 19.8 Å². The van der Waals surface area contributed by atoms with Gasteiger partial charge in [-0.2, -0.15) is 0 Å². The minimum atomic E-state index is -0.383. The Morgan fingerprint density at radius 3 is 2.91 bits per heavy atom. The number of amides is 1. The summed E-state index contributed by atoms with van der Waals surface area (Å²) in [5.74, 6) is 0.846. The molecule has 1 fully saturated rings. The zero-order chi connectivity index (χ0) is 15.2. The van der Waals surface area contributed by atoms with Gasteiger partial charge in [-0.1, -0.05) is 12.1 Å². The van der Waals surface area contributed by atoms with E-state index < -0.39 is 0 Å². The highest BCUT2D eigenvalue weighted by Crippen LogP contribution is 2.24. The number of nitrogens with one attached hydrogen (secondary N) is 1. The summed E-state index contributed by atoms with van der Waals surface area (Å²) in [7, 11) is 1.65. The van der Waals surface area contributed by atoms with E-state index in [1.165, 1.54) is 0 Å². The maximum absolute atomic E-state index is 12.6. The number of hydrogen-bond donors (Lipinski definition) is 1. The van der Waals surface area contributed by atoms with Crippen LogP contribution in [-0.2, 0) is 9.53 Å². The molecule has 2 atom stereocenters. The average molecular weight is 329 g/mol. The van der Waals surface area contributed by atoms with Crippen LogP contribution in [0.3, 0.4) is 0 Å². The fraction of sp³-hybridized carbons (Fsp3) is 0.562. The van der Waals surface area contributed by atoms with Gasteiger partial charge >= 0.3 is 0 Å². The summed E-state index contributed by atoms with van der Waals surface area (Å²) < 4.78 is 10.8. The minimum absolute atomic E-state index is 0. The van der Waals surface area contributed by atoms with Crippen LogP contribution in [0.2, 0.25) is 0 Å². The Balaban J connectivity index is 0.00000242.